The monoisotopic (exact) mass is 386 g/mol. The van der Waals surface area contributed by atoms with Gasteiger partial charge in [-0.25, -0.2) is 18.1 Å². The van der Waals surface area contributed by atoms with Crippen molar-refractivity contribution in [1.29, 1.82) is 0 Å². The fraction of sp³-hybridized carbons (Fsp3) is 0.250. The molecular weight excluding hydrogens is 364 g/mol. The summed E-state index contributed by atoms with van der Waals surface area (Å²) >= 11 is 1.59. The molecule has 3 aromatic rings. The fourth-order valence-electron chi connectivity index (χ4n) is 2.56. The second kappa shape index (κ2) is 8.58. The Morgan fingerprint density at radius 1 is 1.04 bits per heavy atom. The average molecular weight is 387 g/mol. The lowest BCUT2D eigenvalue weighted by molar-refractivity contribution is 0.578. The van der Waals surface area contributed by atoms with Gasteiger partial charge in [0.25, 0.3) is 0 Å². The molecule has 3 rings (SSSR count). The van der Waals surface area contributed by atoms with Gasteiger partial charge in [-0.2, -0.15) is 0 Å². The molecule has 26 heavy (non-hydrogen) atoms. The highest BCUT2D eigenvalue weighted by Gasteiger charge is 2.10. The molecule has 0 aliphatic carbocycles. The molecule has 0 saturated carbocycles. The lowest BCUT2D eigenvalue weighted by Gasteiger charge is -2.07. The van der Waals surface area contributed by atoms with E-state index in [1.807, 2.05) is 66.9 Å². The van der Waals surface area contributed by atoms with Crippen LogP contribution in [0.3, 0.4) is 0 Å². The Hall–Kier alpha value is -2.02. The highest BCUT2D eigenvalue weighted by molar-refractivity contribution is 7.89. The van der Waals surface area contributed by atoms with Gasteiger partial charge in [-0.1, -0.05) is 61.9 Å². The number of hydrogen-bond acceptors (Lipinski definition) is 4. The zero-order valence-corrected chi connectivity index (χ0v) is 16.3. The second-order valence-corrected chi connectivity index (χ2v) is 8.88. The Labute approximate surface area is 159 Å². The fourth-order valence-corrected chi connectivity index (χ4v) is 4.59. The van der Waals surface area contributed by atoms with Gasteiger partial charge in [-0.3, -0.25) is 0 Å². The number of nitrogens with one attached hydrogen (secondary N) is 1. The molecule has 0 spiro atoms. The van der Waals surface area contributed by atoms with Crippen LogP contribution in [0.1, 0.15) is 25.3 Å². The van der Waals surface area contributed by atoms with Gasteiger partial charge in [0.2, 0.25) is 10.0 Å². The van der Waals surface area contributed by atoms with Crippen LogP contribution in [-0.4, -0.2) is 19.2 Å². The summed E-state index contributed by atoms with van der Waals surface area (Å²) in [5.41, 5.74) is 3.98. The number of thiazole rings is 1. The van der Waals surface area contributed by atoms with Gasteiger partial charge in [-0.05, 0) is 18.1 Å². The maximum atomic E-state index is 12.0. The Morgan fingerprint density at radius 2 is 1.81 bits per heavy atom. The van der Waals surface area contributed by atoms with E-state index in [2.05, 4.69) is 4.72 Å². The van der Waals surface area contributed by atoms with E-state index in [1.54, 1.807) is 11.3 Å². The molecule has 0 atom stereocenters. The van der Waals surface area contributed by atoms with E-state index in [9.17, 15) is 8.42 Å². The van der Waals surface area contributed by atoms with Crippen LogP contribution in [0.2, 0.25) is 0 Å². The third-order valence-corrected chi connectivity index (χ3v) is 6.31. The van der Waals surface area contributed by atoms with Crippen LogP contribution in [0.5, 0.6) is 0 Å². The van der Waals surface area contributed by atoms with Crippen molar-refractivity contribution in [2.24, 2.45) is 0 Å². The summed E-state index contributed by atoms with van der Waals surface area (Å²) in [5, 5.41) is 2.98. The molecule has 0 radical (unpaired) electrons. The Balaban J connectivity index is 1.73. The summed E-state index contributed by atoms with van der Waals surface area (Å²) in [4.78, 5) is 4.72. The number of hydrogen-bond donors (Lipinski definition) is 1. The van der Waals surface area contributed by atoms with Crippen molar-refractivity contribution in [3.05, 3.63) is 65.5 Å². The van der Waals surface area contributed by atoms with Gasteiger partial charge in [0.1, 0.15) is 5.01 Å². The first-order valence-electron chi connectivity index (χ1n) is 8.65. The van der Waals surface area contributed by atoms with Crippen LogP contribution in [-0.2, 0) is 16.6 Å². The molecule has 0 unspecified atom stereocenters. The van der Waals surface area contributed by atoms with Gasteiger partial charge in [0.05, 0.1) is 11.4 Å². The van der Waals surface area contributed by atoms with Crippen LogP contribution in [0.15, 0.2) is 60.0 Å². The van der Waals surface area contributed by atoms with Crippen LogP contribution in [0.25, 0.3) is 21.8 Å². The molecule has 0 aliphatic heterocycles. The molecule has 1 heterocycles. The van der Waals surface area contributed by atoms with E-state index in [-0.39, 0.29) is 5.75 Å². The smallest absolute Gasteiger partial charge is 0.211 e. The molecule has 136 valence electrons. The summed E-state index contributed by atoms with van der Waals surface area (Å²) in [5.74, 6) is 0.177. The minimum atomic E-state index is -3.21. The van der Waals surface area contributed by atoms with Crippen molar-refractivity contribution in [2.75, 3.05) is 5.75 Å². The van der Waals surface area contributed by atoms with Gasteiger partial charge >= 0.3 is 0 Å². The largest absolute Gasteiger partial charge is 0.236 e. The van der Waals surface area contributed by atoms with E-state index < -0.39 is 10.0 Å². The summed E-state index contributed by atoms with van der Waals surface area (Å²) < 4.78 is 26.6. The summed E-state index contributed by atoms with van der Waals surface area (Å²) in [6, 6.07) is 17.9. The van der Waals surface area contributed by atoms with E-state index in [0.717, 1.165) is 33.8 Å². The minimum absolute atomic E-state index is 0.177. The maximum absolute atomic E-state index is 12.0. The molecule has 6 heteroatoms. The zero-order chi connectivity index (χ0) is 18.4. The topological polar surface area (TPSA) is 59.1 Å². The first-order valence-corrected chi connectivity index (χ1v) is 11.2. The van der Waals surface area contributed by atoms with E-state index >= 15 is 0 Å². The molecule has 0 aliphatic rings. The van der Waals surface area contributed by atoms with Gasteiger partial charge in [-0.15, -0.1) is 11.3 Å². The third-order valence-electron chi connectivity index (χ3n) is 4.01. The minimum Gasteiger partial charge on any atom is -0.236 e. The summed E-state index contributed by atoms with van der Waals surface area (Å²) in [6.45, 7) is 2.29. The lowest BCUT2D eigenvalue weighted by Crippen LogP contribution is -2.25. The van der Waals surface area contributed by atoms with Crippen LogP contribution >= 0.6 is 11.3 Å². The molecule has 0 fully saturated rings. The van der Waals surface area contributed by atoms with Crippen LogP contribution in [0, 0.1) is 0 Å². The third kappa shape index (κ3) is 5.00. The van der Waals surface area contributed by atoms with E-state index in [0.29, 0.717) is 13.0 Å². The van der Waals surface area contributed by atoms with Crippen molar-refractivity contribution in [2.45, 2.75) is 26.3 Å². The normalized spacial score (nSPS) is 11.6. The number of nitrogens with zero attached hydrogens (tertiary/aromatic N) is 1. The Kier molecular flexibility index (Phi) is 6.19. The van der Waals surface area contributed by atoms with E-state index in [1.165, 1.54) is 0 Å². The summed E-state index contributed by atoms with van der Waals surface area (Å²) in [7, 11) is -3.21. The molecular formula is C20H22N2O2S2. The summed E-state index contributed by atoms with van der Waals surface area (Å²) in [6.07, 6.45) is 1.54. The van der Waals surface area contributed by atoms with Crippen molar-refractivity contribution in [1.82, 2.24) is 9.71 Å². The van der Waals surface area contributed by atoms with Gasteiger partial charge in [0.15, 0.2) is 0 Å². The number of sulfonamides is 1. The standard InChI is InChI=1S/C20H22N2O2S2/c1-2-3-12-26(23,24)21-14-16-8-7-11-18(13-16)20-22-19(15-25-20)17-9-5-4-6-10-17/h4-11,13,15,21H,2-3,12,14H2,1H3. The van der Waals surface area contributed by atoms with Crippen molar-refractivity contribution >= 4 is 21.4 Å². The van der Waals surface area contributed by atoms with Crippen molar-refractivity contribution < 1.29 is 8.42 Å². The number of unbranched alkanes of at least 4 members (excludes halogenated alkanes) is 1. The SMILES string of the molecule is CCCCS(=O)(=O)NCc1cccc(-c2nc(-c3ccccc3)cs2)c1. The molecule has 0 saturated heterocycles. The first kappa shape index (κ1) is 18.8. The predicted octanol–water partition coefficient (Wildman–Crippen LogP) is 4.70. The van der Waals surface area contributed by atoms with Gasteiger partial charge < -0.3 is 0 Å². The second-order valence-electron chi connectivity index (χ2n) is 6.10. The van der Waals surface area contributed by atoms with Gasteiger partial charge in [0, 0.05) is 23.1 Å². The van der Waals surface area contributed by atoms with Crippen molar-refractivity contribution in [3.8, 4) is 21.8 Å². The molecule has 1 aromatic heterocycles. The zero-order valence-electron chi connectivity index (χ0n) is 14.7. The highest BCUT2D eigenvalue weighted by atomic mass is 32.2. The number of rotatable bonds is 8. The average Bonchev–Trinajstić information content (AvgIpc) is 3.16. The number of benzene rings is 2. The first-order chi connectivity index (χ1) is 12.6. The molecule has 0 amide bonds. The van der Waals surface area contributed by atoms with Crippen LogP contribution < -0.4 is 4.72 Å². The lowest BCUT2D eigenvalue weighted by atomic mass is 10.1. The molecule has 0 bridgehead atoms. The molecule has 2 aromatic carbocycles. The molecule has 4 nitrogen and oxygen atoms in total. The predicted molar refractivity (Wildman–Crippen MR) is 109 cm³/mol. The number of aromatic nitrogens is 1. The Morgan fingerprint density at radius 3 is 2.58 bits per heavy atom. The Bertz CT molecular complexity index is 951. The van der Waals surface area contributed by atoms with E-state index in [4.69, 9.17) is 4.98 Å². The maximum Gasteiger partial charge on any atom is 0.211 e. The highest BCUT2D eigenvalue weighted by Crippen LogP contribution is 2.29. The van der Waals surface area contributed by atoms with Crippen LogP contribution in [0.4, 0.5) is 0 Å². The van der Waals surface area contributed by atoms with Crippen molar-refractivity contribution in [3.63, 3.8) is 0 Å². The quantitative estimate of drug-likeness (QED) is 0.611. The molecule has 1 N–H and O–H groups in total.